The van der Waals surface area contributed by atoms with E-state index in [1.54, 1.807) is 21.3 Å². The summed E-state index contributed by atoms with van der Waals surface area (Å²) in [5.74, 6) is -0.870. The fourth-order valence-electron chi connectivity index (χ4n) is 5.35. The maximum atomic E-state index is 6.39. The molecule has 1 atom stereocenters. The van der Waals surface area contributed by atoms with Crippen molar-refractivity contribution in [3.8, 4) is 0 Å². The molecule has 39 heavy (non-hydrogen) atoms. The van der Waals surface area contributed by atoms with Gasteiger partial charge in [0.05, 0.1) is 0 Å². The molecule has 0 bridgehead atoms. The van der Waals surface area contributed by atoms with Crippen molar-refractivity contribution in [3.05, 3.63) is 71.6 Å². The Kier molecular flexibility index (Phi) is 14.7. The lowest BCUT2D eigenvalue weighted by Crippen LogP contribution is -2.35. The van der Waals surface area contributed by atoms with Crippen molar-refractivity contribution in [1.29, 1.82) is 0 Å². The fraction of sp³-hybridized carbons (Fsp3) is 0.606. The number of rotatable bonds is 22. The second-order valence-electron chi connectivity index (χ2n) is 10.5. The Labute approximate surface area is 236 Å². The maximum absolute atomic E-state index is 6.39. The molecule has 6 heteroatoms. The molecule has 0 aliphatic heterocycles. The van der Waals surface area contributed by atoms with Crippen molar-refractivity contribution in [3.63, 3.8) is 0 Å². The monoisotopic (exact) mass is 539 g/mol. The molecule has 0 saturated heterocycles. The van der Waals surface area contributed by atoms with E-state index in [0.29, 0.717) is 6.61 Å². The standard InChI is InChI=1S/C33H51N2O4/c1-36-33(37-2,38-3)21-15-10-8-6-4-5-7-9-11-16-22-34-28-30-27-29-19-13-14-20-31(29)32(30)39-26-25-35-23-17-12-18-24-35/h12-14,17-20,23-24,27,32,34H,4-11,15-16,21-22,25-26,28H2,1-3H3/q+1. The van der Waals surface area contributed by atoms with Gasteiger partial charge in [0.25, 0.3) is 5.97 Å². The molecule has 3 rings (SSSR count). The van der Waals surface area contributed by atoms with Crippen molar-refractivity contribution >= 4 is 6.08 Å². The van der Waals surface area contributed by atoms with E-state index in [1.807, 2.05) is 6.07 Å². The summed E-state index contributed by atoms with van der Waals surface area (Å²) in [6.07, 6.45) is 20.0. The Balaban J connectivity index is 1.20. The molecule has 1 aliphatic rings. The maximum Gasteiger partial charge on any atom is 0.282 e. The zero-order valence-electron chi connectivity index (χ0n) is 24.5. The van der Waals surface area contributed by atoms with E-state index in [9.17, 15) is 0 Å². The minimum absolute atomic E-state index is 0.0560. The van der Waals surface area contributed by atoms with Gasteiger partial charge in [-0.25, -0.2) is 4.57 Å². The third-order valence-electron chi connectivity index (χ3n) is 7.72. The van der Waals surface area contributed by atoms with Crippen molar-refractivity contribution in [2.75, 3.05) is 41.0 Å². The summed E-state index contributed by atoms with van der Waals surface area (Å²) < 4.78 is 24.6. The topological polar surface area (TPSA) is 52.8 Å². The summed E-state index contributed by atoms with van der Waals surface area (Å²) in [4.78, 5) is 0. The van der Waals surface area contributed by atoms with Crippen LogP contribution in [0.5, 0.6) is 0 Å². The number of ether oxygens (including phenoxy) is 4. The summed E-state index contributed by atoms with van der Waals surface area (Å²) in [7, 11) is 4.90. The lowest BCUT2D eigenvalue weighted by molar-refractivity contribution is -0.698. The number of hydrogen-bond donors (Lipinski definition) is 1. The Morgan fingerprint density at radius 1 is 0.744 bits per heavy atom. The summed E-state index contributed by atoms with van der Waals surface area (Å²) in [5.41, 5.74) is 3.92. The van der Waals surface area contributed by atoms with Crippen LogP contribution in [0.4, 0.5) is 0 Å². The molecule has 0 saturated carbocycles. The van der Waals surface area contributed by atoms with Gasteiger partial charge in [0.15, 0.2) is 18.9 Å². The lowest BCUT2D eigenvalue weighted by atomic mass is 10.1. The van der Waals surface area contributed by atoms with E-state index >= 15 is 0 Å². The predicted octanol–water partition coefficient (Wildman–Crippen LogP) is 6.60. The SMILES string of the molecule is COC(CCCCCCCCCCCCNCC1=Cc2ccccc2C1OCC[n+]1ccccc1)(OC)OC. The van der Waals surface area contributed by atoms with E-state index in [-0.39, 0.29) is 6.10 Å². The molecule has 0 fully saturated rings. The highest BCUT2D eigenvalue weighted by Crippen LogP contribution is 2.36. The summed E-state index contributed by atoms with van der Waals surface area (Å²) in [6, 6.07) is 14.8. The van der Waals surface area contributed by atoms with E-state index in [4.69, 9.17) is 18.9 Å². The third kappa shape index (κ3) is 10.8. The van der Waals surface area contributed by atoms with Crippen LogP contribution in [-0.4, -0.2) is 47.0 Å². The molecular formula is C33H51N2O4+. The van der Waals surface area contributed by atoms with Crippen molar-refractivity contribution < 1.29 is 23.5 Å². The molecule has 1 unspecified atom stereocenters. The molecule has 1 heterocycles. The zero-order chi connectivity index (χ0) is 27.6. The first kappa shape index (κ1) is 31.4. The molecule has 0 radical (unpaired) electrons. The summed E-state index contributed by atoms with van der Waals surface area (Å²) in [5, 5.41) is 3.67. The minimum atomic E-state index is -0.870. The Morgan fingerprint density at radius 3 is 2.03 bits per heavy atom. The van der Waals surface area contributed by atoms with Gasteiger partial charge in [-0.15, -0.1) is 0 Å². The quantitative estimate of drug-likeness (QED) is 0.104. The molecule has 1 aromatic carbocycles. The number of hydrogen-bond acceptors (Lipinski definition) is 5. The van der Waals surface area contributed by atoms with Crippen LogP contribution in [0.2, 0.25) is 0 Å². The van der Waals surface area contributed by atoms with Crippen LogP contribution in [0, 0.1) is 0 Å². The number of methoxy groups -OCH3 is 3. The molecule has 0 spiro atoms. The number of nitrogens with zero attached hydrogens (tertiary/aromatic N) is 1. The molecule has 1 aromatic heterocycles. The van der Waals surface area contributed by atoms with Crippen molar-refractivity contribution in [1.82, 2.24) is 5.32 Å². The third-order valence-corrected chi connectivity index (χ3v) is 7.72. The number of nitrogens with one attached hydrogen (secondary N) is 1. The Hall–Kier alpha value is -2.09. The van der Waals surface area contributed by atoms with E-state index in [0.717, 1.165) is 32.5 Å². The van der Waals surface area contributed by atoms with Gasteiger partial charge < -0.3 is 24.3 Å². The van der Waals surface area contributed by atoms with Gasteiger partial charge in [0, 0.05) is 46.4 Å². The number of fused-ring (bicyclic) bond motifs is 1. The second-order valence-corrected chi connectivity index (χ2v) is 10.5. The predicted molar refractivity (Wildman–Crippen MR) is 157 cm³/mol. The fourth-order valence-corrected chi connectivity index (χ4v) is 5.35. The zero-order valence-corrected chi connectivity index (χ0v) is 24.5. The van der Waals surface area contributed by atoms with Crippen LogP contribution in [-0.2, 0) is 25.5 Å². The van der Waals surface area contributed by atoms with Crippen LogP contribution in [0.25, 0.3) is 6.08 Å². The summed E-state index contributed by atoms with van der Waals surface area (Å²) in [6.45, 7) is 3.50. The van der Waals surface area contributed by atoms with Gasteiger partial charge in [-0.1, -0.05) is 87.8 Å². The van der Waals surface area contributed by atoms with Gasteiger partial charge >= 0.3 is 0 Å². The first-order valence-corrected chi connectivity index (χ1v) is 14.9. The highest BCUT2D eigenvalue weighted by Gasteiger charge is 2.28. The second kappa shape index (κ2) is 18.3. The van der Waals surface area contributed by atoms with E-state index in [1.165, 1.54) is 74.5 Å². The average molecular weight is 540 g/mol. The first-order chi connectivity index (χ1) is 19.2. The summed E-state index contributed by atoms with van der Waals surface area (Å²) >= 11 is 0. The normalized spacial score (nSPS) is 14.9. The molecule has 6 nitrogen and oxygen atoms in total. The number of benzene rings is 1. The highest BCUT2D eigenvalue weighted by atomic mass is 16.9. The van der Waals surface area contributed by atoms with Crippen LogP contribution in [0.15, 0.2) is 60.4 Å². The van der Waals surface area contributed by atoms with Gasteiger partial charge in [0.1, 0.15) is 12.7 Å². The molecule has 0 amide bonds. The van der Waals surface area contributed by atoms with Crippen LogP contribution in [0.3, 0.4) is 0 Å². The van der Waals surface area contributed by atoms with Gasteiger partial charge in [-0.05, 0) is 36.1 Å². The van der Waals surface area contributed by atoms with Crippen molar-refractivity contribution in [2.24, 2.45) is 0 Å². The molecule has 1 aliphatic carbocycles. The van der Waals surface area contributed by atoms with E-state index in [2.05, 4.69) is 64.8 Å². The van der Waals surface area contributed by atoms with Gasteiger partial charge in [-0.2, -0.15) is 0 Å². The number of aromatic nitrogens is 1. The van der Waals surface area contributed by atoms with Crippen molar-refractivity contribution in [2.45, 2.75) is 89.3 Å². The van der Waals surface area contributed by atoms with Gasteiger partial charge in [0.2, 0.25) is 0 Å². The Bertz CT molecular complexity index is 937. The van der Waals surface area contributed by atoms with Gasteiger partial charge in [-0.3, -0.25) is 0 Å². The molecule has 216 valence electrons. The molecule has 1 N–H and O–H groups in total. The van der Waals surface area contributed by atoms with Crippen LogP contribution < -0.4 is 9.88 Å². The molecule has 2 aromatic rings. The number of unbranched alkanes of at least 4 members (excludes halogenated alkanes) is 9. The van der Waals surface area contributed by atoms with Crippen LogP contribution in [0.1, 0.15) is 87.9 Å². The first-order valence-electron chi connectivity index (χ1n) is 14.9. The minimum Gasteiger partial charge on any atom is -0.362 e. The molecular weight excluding hydrogens is 488 g/mol. The lowest BCUT2D eigenvalue weighted by Gasteiger charge is -2.28. The highest BCUT2D eigenvalue weighted by molar-refractivity contribution is 5.65. The smallest absolute Gasteiger partial charge is 0.282 e. The average Bonchev–Trinajstić information content (AvgIpc) is 3.33. The largest absolute Gasteiger partial charge is 0.362 e. The van der Waals surface area contributed by atoms with Crippen LogP contribution >= 0.6 is 0 Å². The number of pyridine rings is 1. The Morgan fingerprint density at radius 2 is 1.36 bits per heavy atom. The van der Waals surface area contributed by atoms with E-state index < -0.39 is 5.97 Å².